The minimum absolute atomic E-state index is 0.568. The summed E-state index contributed by atoms with van der Waals surface area (Å²) in [5, 5.41) is 11.0. The van der Waals surface area contributed by atoms with Crippen molar-refractivity contribution >= 4 is 35.0 Å². The van der Waals surface area contributed by atoms with Crippen LogP contribution in [-0.4, -0.2) is 27.1 Å². The Morgan fingerprint density at radius 3 is 2.14 bits per heavy atom. The third-order valence-corrected chi connectivity index (χ3v) is 5.54. The summed E-state index contributed by atoms with van der Waals surface area (Å²) >= 11 is 13.7. The fraction of sp³-hybridized carbons (Fsp3) is 0.0909. The lowest BCUT2D eigenvalue weighted by Gasteiger charge is -2.11. The Morgan fingerprint density at radius 2 is 1.45 bits per heavy atom. The first-order chi connectivity index (χ1) is 14.2. The summed E-state index contributed by atoms with van der Waals surface area (Å²) in [6, 6.07) is 25.0. The smallest absolute Gasteiger partial charge is 0.196 e. The van der Waals surface area contributed by atoms with Crippen LogP contribution in [-0.2, 0) is 0 Å². The van der Waals surface area contributed by atoms with E-state index in [0.29, 0.717) is 16.7 Å². The van der Waals surface area contributed by atoms with Crippen LogP contribution in [0.2, 0.25) is 10.0 Å². The molecule has 0 aliphatic rings. The van der Waals surface area contributed by atoms with Crippen molar-refractivity contribution in [2.75, 3.05) is 12.4 Å². The monoisotopic (exact) mass is 441 g/mol. The van der Waals surface area contributed by atoms with Gasteiger partial charge in [-0.05, 0) is 60.7 Å². The molecule has 0 bridgehead atoms. The number of thioether (sulfide) groups is 1. The molecule has 0 N–H and O–H groups in total. The van der Waals surface area contributed by atoms with Crippen LogP contribution < -0.4 is 4.74 Å². The van der Waals surface area contributed by atoms with E-state index < -0.39 is 0 Å². The van der Waals surface area contributed by atoms with E-state index in [1.807, 2.05) is 83.4 Å². The van der Waals surface area contributed by atoms with E-state index in [1.54, 1.807) is 11.8 Å². The van der Waals surface area contributed by atoms with E-state index in [0.717, 1.165) is 33.7 Å². The maximum Gasteiger partial charge on any atom is 0.196 e. The maximum absolute atomic E-state index is 6.07. The molecule has 0 unspecified atom stereocenters. The lowest BCUT2D eigenvalue weighted by molar-refractivity contribution is 0.344. The van der Waals surface area contributed by atoms with Gasteiger partial charge in [-0.1, -0.05) is 53.2 Å². The second-order valence-electron chi connectivity index (χ2n) is 6.13. The van der Waals surface area contributed by atoms with Gasteiger partial charge in [-0.2, -0.15) is 0 Å². The molecule has 146 valence electrons. The highest BCUT2D eigenvalue weighted by Crippen LogP contribution is 2.29. The molecule has 4 aromatic rings. The van der Waals surface area contributed by atoms with Crippen LogP contribution in [0.3, 0.4) is 0 Å². The minimum Gasteiger partial charge on any atom is -0.493 e. The summed E-state index contributed by atoms with van der Waals surface area (Å²) in [6.07, 6.45) is 0. The van der Waals surface area contributed by atoms with Crippen molar-refractivity contribution < 1.29 is 4.74 Å². The van der Waals surface area contributed by atoms with Gasteiger partial charge >= 0.3 is 0 Å². The Labute approximate surface area is 183 Å². The van der Waals surface area contributed by atoms with Gasteiger partial charge in [0.05, 0.1) is 6.61 Å². The largest absolute Gasteiger partial charge is 0.493 e. The zero-order valence-electron chi connectivity index (χ0n) is 15.3. The average molecular weight is 442 g/mol. The highest BCUT2D eigenvalue weighted by molar-refractivity contribution is 7.99. The number of para-hydroxylation sites is 1. The van der Waals surface area contributed by atoms with Gasteiger partial charge in [0.15, 0.2) is 11.0 Å². The first kappa shape index (κ1) is 19.8. The Bertz CT molecular complexity index is 1070. The molecular weight excluding hydrogens is 425 g/mol. The molecule has 0 aliphatic heterocycles. The fourth-order valence-electron chi connectivity index (χ4n) is 2.78. The number of hydrogen-bond acceptors (Lipinski definition) is 4. The zero-order chi connectivity index (χ0) is 20.1. The predicted molar refractivity (Wildman–Crippen MR) is 119 cm³/mol. The Hall–Kier alpha value is -2.47. The summed E-state index contributed by atoms with van der Waals surface area (Å²) in [7, 11) is 0. The Kier molecular flexibility index (Phi) is 6.39. The van der Waals surface area contributed by atoms with Crippen LogP contribution in [0.1, 0.15) is 0 Å². The van der Waals surface area contributed by atoms with Gasteiger partial charge < -0.3 is 4.74 Å². The summed E-state index contributed by atoms with van der Waals surface area (Å²) in [4.78, 5) is 0. The minimum atomic E-state index is 0.568. The highest BCUT2D eigenvalue weighted by atomic mass is 35.5. The number of aromatic nitrogens is 3. The van der Waals surface area contributed by atoms with Crippen LogP contribution in [0.5, 0.6) is 5.75 Å². The number of rotatable bonds is 7. The summed E-state index contributed by atoms with van der Waals surface area (Å²) in [5.74, 6) is 2.34. The van der Waals surface area contributed by atoms with Gasteiger partial charge in [0.25, 0.3) is 0 Å². The van der Waals surface area contributed by atoms with Crippen LogP contribution in [0.4, 0.5) is 0 Å². The van der Waals surface area contributed by atoms with E-state index in [9.17, 15) is 0 Å². The first-order valence-corrected chi connectivity index (χ1v) is 10.7. The normalized spacial score (nSPS) is 10.8. The lowest BCUT2D eigenvalue weighted by Crippen LogP contribution is -2.03. The molecule has 1 aromatic heterocycles. The number of ether oxygens (including phenoxy) is 1. The molecule has 0 aliphatic carbocycles. The standard InChI is InChI=1S/C22H17Cl2N3OS/c23-17-8-6-16(7-9-17)21-25-26-22(27(21)19-12-10-18(24)11-13-19)29-15-14-28-20-4-2-1-3-5-20/h1-13H,14-15H2. The van der Waals surface area contributed by atoms with E-state index in [-0.39, 0.29) is 0 Å². The molecule has 0 radical (unpaired) electrons. The second kappa shape index (κ2) is 9.35. The molecule has 0 fully saturated rings. The molecule has 0 spiro atoms. The van der Waals surface area contributed by atoms with E-state index in [4.69, 9.17) is 27.9 Å². The van der Waals surface area contributed by atoms with Crippen molar-refractivity contribution in [3.8, 4) is 22.8 Å². The van der Waals surface area contributed by atoms with E-state index in [2.05, 4.69) is 10.2 Å². The Morgan fingerprint density at radius 1 is 0.793 bits per heavy atom. The number of halogens is 2. The molecule has 3 aromatic carbocycles. The van der Waals surface area contributed by atoms with Crippen molar-refractivity contribution in [3.05, 3.63) is 88.9 Å². The molecular formula is C22H17Cl2N3OS. The fourth-order valence-corrected chi connectivity index (χ4v) is 3.80. The topological polar surface area (TPSA) is 39.9 Å². The highest BCUT2D eigenvalue weighted by Gasteiger charge is 2.16. The first-order valence-electron chi connectivity index (χ1n) is 8.99. The van der Waals surface area contributed by atoms with E-state index in [1.165, 1.54) is 0 Å². The van der Waals surface area contributed by atoms with Gasteiger partial charge in [0.2, 0.25) is 0 Å². The lowest BCUT2D eigenvalue weighted by atomic mass is 10.2. The Balaban J connectivity index is 1.57. The second-order valence-corrected chi connectivity index (χ2v) is 8.07. The van der Waals surface area contributed by atoms with Gasteiger partial charge in [-0.3, -0.25) is 4.57 Å². The summed E-state index contributed by atoms with van der Waals surface area (Å²) in [6.45, 7) is 0.568. The van der Waals surface area contributed by atoms with Gasteiger partial charge in [0.1, 0.15) is 5.75 Å². The predicted octanol–water partition coefficient (Wildman–Crippen LogP) is 6.41. The van der Waals surface area contributed by atoms with Gasteiger partial charge in [-0.25, -0.2) is 0 Å². The van der Waals surface area contributed by atoms with Crippen LogP contribution in [0, 0.1) is 0 Å². The van der Waals surface area contributed by atoms with Crippen molar-refractivity contribution in [1.29, 1.82) is 0 Å². The van der Waals surface area contributed by atoms with Gasteiger partial charge in [-0.15, -0.1) is 10.2 Å². The number of benzene rings is 3. The van der Waals surface area contributed by atoms with Crippen molar-refractivity contribution in [1.82, 2.24) is 14.8 Å². The molecule has 1 heterocycles. The third-order valence-electron chi connectivity index (χ3n) is 4.15. The molecule has 4 nitrogen and oxygen atoms in total. The average Bonchev–Trinajstić information content (AvgIpc) is 3.17. The maximum atomic E-state index is 6.07. The molecule has 0 saturated heterocycles. The third kappa shape index (κ3) is 4.93. The SMILES string of the molecule is Clc1ccc(-c2nnc(SCCOc3ccccc3)n2-c2ccc(Cl)cc2)cc1. The number of hydrogen-bond donors (Lipinski definition) is 0. The van der Waals surface area contributed by atoms with Crippen molar-refractivity contribution in [3.63, 3.8) is 0 Å². The molecule has 0 amide bonds. The van der Waals surface area contributed by atoms with Crippen molar-refractivity contribution in [2.24, 2.45) is 0 Å². The molecule has 7 heteroatoms. The zero-order valence-corrected chi connectivity index (χ0v) is 17.7. The van der Waals surface area contributed by atoms with E-state index >= 15 is 0 Å². The summed E-state index contributed by atoms with van der Waals surface area (Å²) < 4.78 is 7.80. The molecule has 29 heavy (non-hydrogen) atoms. The van der Waals surface area contributed by atoms with Gasteiger partial charge in [0, 0.05) is 27.0 Å². The molecule has 0 saturated carbocycles. The molecule has 4 rings (SSSR count). The quantitative estimate of drug-likeness (QED) is 0.245. The van der Waals surface area contributed by atoms with Crippen molar-refractivity contribution in [2.45, 2.75) is 5.16 Å². The number of nitrogens with zero attached hydrogens (tertiary/aromatic N) is 3. The van der Waals surface area contributed by atoms with Crippen LogP contribution >= 0.6 is 35.0 Å². The van der Waals surface area contributed by atoms with Crippen LogP contribution in [0.15, 0.2) is 84.0 Å². The van der Waals surface area contributed by atoms with Crippen LogP contribution in [0.25, 0.3) is 17.1 Å². The summed E-state index contributed by atoms with van der Waals surface area (Å²) in [5.41, 5.74) is 1.88. The molecule has 0 atom stereocenters.